The van der Waals surface area contributed by atoms with Gasteiger partial charge in [0.05, 0.1) is 35.3 Å². The number of amides is 2. The number of rotatable bonds is 4. The Balaban J connectivity index is 1.65. The van der Waals surface area contributed by atoms with Crippen LogP contribution in [0.15, 0.2) is 18.2 Å². The van der Waals surface area contributed by atoms with E-state index < -0.39 is 28.8 Å². The molecule has 2 fully saturated rings. The highest BCUT2D eigenvalue weighted by atomic mass is 35.5. The molecule has 2 amide bonds. The SMILES string of the molecule is C[C@@H](NC(=O)C1CC(=O)NC(C2CC2)N1)c1ccc(C(F)(F)F)c(Cl)c1. The van der Waals surface area contributed by atoms with E-state index in [0.29, 0.717) is 11.5 Å². The topological polar surface area (TPSA) is 70.2 Å². The van der Waals surface area contributed by atoms with Crippen molar-refractivity contribution < 1.29 is 22.8 Å². The highest BCUT2D eigenvalue weighted by Crippen LogP contribution is 2.36. The summed E-state index contributed by atoms with van der Waals surface area (Å²) in [5.74, 6) is -0.208. The Labute approximate surface area is 153 Å². The van der Waals surface area contributed by atoms with Crippen LogP contribution in [0.1, 0.15) is 43.4 Å². The fourth-order valence-electron chi connectivity index (χ4n) is 3.01. The lowest BCUT2D eigenvalue weighted by Gasteiger charge is -2.31. The Bertz CT molecular complexity index is 722. The number of carbonyl (C=O) groups is 2. The molecule has 3 rings (SSSR count). The molecule has 1 aliphatic carbocycles. The molecule has 2 unspecified atom stereocenters. The second-order valence-corrected chi connectivity index (χ2v) is 7.18. The summed E-state index contributed by atoms with van der Waals surface area (Å²) in [5.41, 5.74) is -0.463. The largest absolute Gasteiger partial charge is 0.417 e. The summed E-state index contributed by atoms with van der Waals surface area (Å²) in [4.78, 5) is 24.3. The molecule has 3 N–H and O–H groups in total. The van der Waals surface area contributed by atoms with E-state index in [1.807, 2.05) is 0 Å². The molecule has 2 aliphatic rings. The van der Waals surface area contributed by atoms with Crippen molar-refractivity contribution >= 4 is 23.4 Å². The van der Waals surface area contributed by atoms with Crippen LogP contribution in [0.25, 0.3) is 0 Å². The minimum Gasteiger partial charge on any atom is -0.348 e. The molecule has 0 aromatic heterocycles. The van der Waals surface area contributed by atoms with Gasteiger partial charge >= 0.3 is 6.18 Å². The maximum atomic E-state index is 12.8. The van der Waals surface area contributed by atoms with E-state index in [0.717, 1.165) is 18.9 Å². The maximum Gasteiger partial charge on any atom is 0.417 e. The standard InChI is InChI=1S/C17H19ClF3N3O2/c1-8(10-4-5-11(12(18)6-10)17(19,20)21)22-16(26)13-7-14(25)24-15(23-13)9-2-3-9/h4-6,8-9,13,15,23H,2-3,7H2,1H3,(H,22,26)(H,24,25)/t8-,13?,15?/m1/s1. The van der Waals surface area contributed by atoms with Crippen molar-refractivity contribution in [2.24, 2.45) is 5.92 Å². The van der Waals surface area contributed by atoms with Crippen molar-refractivity contribution in [2.45, 2.75) is 50.6 Å². The fourth-order valence-corrected chi connectivity index (χ4v) is 3.31. The van der Waals surface area contributed by atoms with Crippen LogP contribution in [0.3, 0.4) is 0 Å². The van der Waals surface area contributed by atoms with E-state index >= 15 is 0 Å². The quantitative estimate of drug-likeness (QED) is 0.741. The Morgan fingerprint density at radius 3 is 2.62 bits per heavy atom. The summed E-state index contributed by atoms with van der Waals surface area (Å²) in [5, 5.41) is 8.26. The monoisotopic (exact) mass is 389 g/mol. The van der Waals surface area contributed by atoms with Gasteiger partial charge in [-0.2, -0.15) is 13.2 Å². The van der Waals surface area contributed by atoms with Gasteiger partial charge in [0, 0.05) is 0 Å². The van der Waals surface area contributed by atoms with Crippen molar-refractivity contribution in [1.82, 2.24) is 16.0 Å². The Morgan fingerprint density at radius 1 is 1.35 bits per heavy atom. The molecule has 5 nitrogen and oxygen atoms in total. The molecule has 1 aromatic rings. The van der Waals surface area contributed by atoms with Crippen LogP contribution in [-0.2, 0) is 15.8 Å². The van der Waals surface area contributed by atoms with Crippen LogP contribution in [0, 0.1) is 5.92 Å². The van der Waals surface area contributed by atoms with E-state index in [1.165, 1.54) is 12.1 Å². The van der Waals surface area contributed by atoms with Crippen LogP contribution in [0.2, 0.25) is 5.02 Å². The van der Waals surface area contributed by atoms with Gasteiger partial charge in [0.2, 0.25) is 11.8 Å². The molecule has 1 heterocycles. The van der Waals surface area contributed by atoms with Gasteiger partial charge in [-0.25, -0.2) is 0 Å². The van der Waals surface area contributed by atoms with Gasteiger partial charge < -0.3 is 10.6 Å². The summed E-state index contributed by atoms with van der Waals surface area (Å²) >= 11 is 5.73. The highest BCUT2D eigenvalue weighted by molar-refractivity contribution is 6.31. The first-order chi connectivity index (χ1) is 12.1. The van der Waals surface area contributed by atoms with Gasteiger partial charge in [0.25, 0.3) is 0 Å². The molecule has 1 saturated heterocycles. The summed E-state index contributed by atoms with van der Waals surface area (Å²) in [6.45, 7) is 1.65. The minimum atomic E-state index is -4.53. The predicted octanol–water partition coefficient (Wildman–Crippen LogP) is 2.75. The second kappa shape index (κ2) is 7.08. The molecule has 0 bridgehead atoms. The molecule has 1 saturated carbocycles. The Kier molecular flexibility index (Phi) is 5.16. The average Bonchev–Trinajstić information content (AvgIpc) is 3.37. The summed E-state index contributed by atoms with van der Waals surface area (Å²) in [7, 11) is 0. The first kappa shape index (κ1) is 19.0. The van der Waals surface area contributed by atoms with Gasteiger partial charge in [-0.15, -0.1) is 0 Å². The van der Waals surface area contributed by atoms with Crippen molar-refractivity contribution in [1.29, 1.82) is 0 Å². The third-order valence-electron chi connectivity index (χ3n) is 4.65. The first-order valence-electron chi connectivity index (χ1n) is 8.37. The molecule has 9 heteroatoms. The summed E-state index contributed by atoms with van der Waals surface area (Å²) < 4.78 is 38.3. The molecule has 1 aromatic carbocycles. The number of nitrogens with one attached hydrogen (secondary N) is 3. The van der Waals surface area contributed by atoms with Gasteiger partial charge in [0.1, 0.15) is 0 Å². The van der Waals surface area contributed by atoms with Gasteiger partial charge in [0.15, 0.2) is 0 Å². The molecular formula is C17H19ClF3N3O2. The fraction of sp³-hybridized carbons (Fsp3) is 0.529. The third kappa shape index (κ3) is 4.29. The van der Waals surface area contributed by atoms with Crippen molar-refractivity contribution in [2.75, 3.05) is 0 Å². The van der Waals surface area contributed by atoms with Crippen LogP contribution in [0.5, 0.6) is 0 Å². The Morgan fingerprint density at radius 2 is 2.04 bits per heavy atom. The molecule has 26 heavy (non-hydrogen) atoms. The predicted molar refractivity (Wildman–Crippen MR) is 89.2 cm³/mol. The van der Waals surface area contributed by atoms with E-state index in [4.69, 9.17) is 11.6 Å². The molecular weight excluding hydrogens is 371 g/mol. The first-order valence-corrected chi connectivity index (χ1v) is 8.75. The van der Waals surface area contributed by atoms with Crippen LogP contribution in [-0.4, -0.2) is 24.0 Å². The van der Waals surface area contributed by atoms with E-state index in [2.05, 4.69) is 16.0 Å². The molecule has 142 valence electrons. The Hall–Kier alpha value is -1.80. The van der Waals surface area contributed by atoms with E-state index in [9.17, 15) is 22.8 Å². The summed E-state index contributed by atoms with van der Waals surface area (Å²) in [6.07, 6.45) is -2.70. The zero-order chi connectivity index (χ0) is 19.1. The van der Waals surface area contributed by atoms with Crippen LogP contribution >= 0.6 is 11.6 Å². The van der Waals surface area contributed by atoms with Gasteiger partial charge in [-0.3, -0.25) is 14.9 Å². The molecule has 0 spiro atoms. The lowest BCUT2D eigenvalue weighted by molar-refractivity contribution is -0.137. The zero-order valence-corrected chi connectivity index (χ0v) is 14.7. The average molecular weight is 390 g/mol. The van der Waals surface area contributed by atoms with Crippen molar-refractivity contribution in [3.8, 4) is 0 Å². The molecule has 0 radical (unpaired) electrons. The number of carbonyl (C=O) groups excluding carboxylic acids is 2. The zero-order valence-electron chi connectivity index (χ0n) is 14.0. The van der Waals surface area contributed by atoms with E-state index in [-0.39, 0.29) is 24.4 Å². The van der Waals surface area contributed by atoms with Crippen LogP contribution < -0.4 is 16.0 Å². The third-order valence-corrected chi connectivity index (χ3v) is 4.97. The lowest BCUT2D eigenvalue weighted by Crippen LogP contribution is -2.61. The smallest absolute Gasteiger partial charge is 0.348 e. The number of benzene rings is 1. The highest BCUT2D eigenvalue weighted by Gasteiger charge is 2.39. The minimum absolute atomic E-state index is 0.0234. The maximum absolute atomic E-state index is 12.8. The summed E-state index contributed by atoms with van der Waals surface area (Å²) in [6, 6.07) is 2.17. The van der Waals surface area contributed by atoms with Gasteiger partial charge in [-0.1, -0.05) is 17.7 Å². The second-order valence-electron chi connectivity index (χ2n) is 6.77. The van der Waals surface area contributed by atoms with E-state index in [1.54, 1.807) is 6.92 Å². The van der Waals surface area contributed by atoms with Gasteiger partial charge in [-0.05, 0) is 43.4 Å². The number of hydrogen-bond donors (Lipinski definition) is 3. The van der Waals surface area contributed by atoms with Crippen molar-refractivity contribution in [3.05, 3.63) is 34.3 Å². The number of alkyl halides is 3. The number of halogens is 4. The van der Waals surface area contributed by atoms with Crippen molar-refractivity contribution in [3.63, 3.8) is 0 Å². The normalized spacial score (nSPS) is 24.7. The molecule has 1 aliphatic heterocycles. The van der Waals surface area contributed by atoms with Crippen LogP contribution in [0.4, 0.5) is 13.2 Å². The lowest BCUT2D eigenvalue weighted by atomic mass is 10.0. The number of hydrogen-bond acceptors (Lipinski definition) is 3. The molecule has 3 atom stereocenters.